The van der Waals surface area contributed by atoms with Gasteiger partial charge < -0.3 is 10.5 Å². The number of benzene rings is 2. The number of rotatable bonds is 3. The van der Waals surface area contributed by atoms with Crippen molar-refractivity contribution in [2.75, 3.05) is 7.11 Å². The van der Waals surface area contributed by atoms with Gasteiger partial charge in [0.15, 0.2) is 11.6 Å². The summed E-state index contributed by atoms with van der Waals surface area (Å²) in [5.41, 5.74) is 8.66. The lowest BCUT2D eigenvalue weighted by Crippen LogP contribution is -2.12. The second-order valence-corrected chi connectivity index (χ2v) is 4.83. The first-order valence-electron chi connectivity index (χ1n) is 6.63. The van der Waals surface area contributed by atoms with Crippen LogP contribution in [0.5, 0.6) is 5.75 Å². The third-order valence-corrected chi connectivity index (χ3v) is 3.51. The SMILES string of the molecule is COc1ccc(C(N)c2cnc3ccccc3c2)cc1F. The molecule has 1 aromatic heterocycles. The van der Waals surface area contributed by atoms with E-state index in [1.165, 1.54) is 13.2 Å². The Hall–Kier alpha value is -2.46. The number of methoxy groups -OCH3 is 1. The Labute approximate surface area is 122 Å². The van der Waals surface area contributed by atoms with Gasteiger partial charge in [0.25, 0.3) is 0 Å². The lowest BCUT2D eigenvalue weighted by atomic mass is 9.99. The molecule has 1 unspecified atom stereocenters. The van der Waals surface area contributed by atoms with E-state index < -0.39 is 11.9 Å². The highest BCUT2D eigenvalue weighted by Gasteiger charge is 2.13. The van der Waals surface area contributed by atoms with Crippen LogP contribution in [0.4, 0.5) is 4.39 Å². The van der Waals surface area contributed by atoms with Crippen LogP contribution >= 0.6 is 0 Å². The normalized spacial score (nSPS) is 12.3. The lowest BCUT2D eigenvalue weighted by Gasteiger charge is -2.14. The second-order valence-electron chi connectivity index (χ2n) is 4.83. The molecule has 0 aliphatic carbocycles. The summed E-state index contributed by atoms with van der Waals surface area (Å²) in [5.74, 6) is -0.207. The highest BCUT2D eigenvalue weighted by Crippen LogP contribution is 2.26. The summed E-state index contributed by atoms with van der Waals surface area (Å²) in [6.07, 6.45) is 1.73. The minimum atomic E-state index is -0.428. The minimum absolute atomic E-state index is 0.211. The first-order valence-corrected chi connectivity index (χ1v) is 6.63. The number of hydrogen-bond acceptors (Lipinski definition) is 3. The highest BCUT2D eigenvalue weighted by molar-refractivity contribution is 5.78. The highest BCUT2D eigenvalue weighted by atomic mass is 19.1. The van der Waals surface area contributed by atoms with E-state index in [9.17, 15) is 4.39 Å². The molecule has 0 aliphatic heterocycles. The third-order valence-electron chi connectivity index (χ3n) is 3.51. The molecule has 21 heavy (non-hydrogen) atoms. The Kier molecular flexibility index (Phi) is 3.54. The Bertz CT molecular complexity index is 789. The van der Waals surface area contributed by atoms with Gasteiger partial charge in [0.2, 0.25) is 0 Å². The van der Waals surface area contributed by atoms with Crippen LogP contribution in [0.1, 0.15) is 17.2 Å². The summed E-state index contributed by atoms with van der Waals surface area (Å²) in [6, 6.07) is 14.1. The van der Waals surface area contributed by atoms with Gasteiger partial charge in [-0.05, 0) is 35.4 Å². The Balaban J connectivity index is 1.99. The maximum Gasteiger partial charge on any atom is 0.165 e. The smallest absolute Gasteiger partial charge is 0.165 e. The van der Waals surface area contributed by atoms with Gasteiger partial charge in [0.1, 0.15) is 0 Å². The summed E-state index contributed by atoms with van der Waals surface area (Å²) >= 11 is 0. The van der Waals surface area contributed by atoms with E-state index in [0.29, 0.717) is 5.56 Å². The monoisotopic (exact) mass is 282 g/mol. The zero-order valence-corrected chi connectivity index (χ0v) is 11.6. The fraction of sp³-hybridized carbons (Fsp3) is 0.118. The summed E-state index contributed by atoms with van der Waals surface area (Å²) in [4.78, 5) is 4.39. The fourth-order valence-corrected chi connectivity index (χ4v) is 2.33. The molecule has 3 rings (SSSR count). The molecule has 0 saturated carbocycles. The van der Waals surface area contributed by atoms with Crippen LogP contribution in [0.3, 0.4) is 0 Å². The molecule has 106 valence electrons. The molecule has 1 atom stereocenters. The van der Waals surface area contributed by atoms with Gasteiger partial charge in [-0.25, -0.2) is 4.39 Å². The number of hydrogen-bond donors (Lipinski definition) is 1. The van der Waals surface area contributed by atoms with Crippen LogP contribution in [0.25, 0.3) is 10.9 Å². The van der Waals surface area contributed by atoms with Crippen molar-refractivity contribution < 1.29 is 9.13 Å². The summed E-state index contributed by atoms with van der Waals surface area (Å²) < 4.78 is 18.7. The standard InChI is InChI=1S/C17H15FN2O/c1-21-16-7-6-12(9-14(16)18)17(19)13-8-11-4-2-3-5-15(11)20-10-13/h2-10,17H,19H2,1H3. The maximum absolute atomic E-state index is 13.8. The lowest BCUT2D eigenvalue weighted by molar-refractivity contribution is 0.386. The molecule has 2 N–H and O–H groups in total. The van der Waals surface area contributed by atoms with Crippen LogP contribution in [-0.2, 0) is 0 Å². The molecule has 0 amide bonds. The molecule has 0 saturated heterocycles. The van der Waals surface area contributed by atoms with Gasteiger partial charge in [0, 0.05) is 11.6 Å². The number of pyridine rings is 1. The number of ether oxygens (including phenoxy) is 1. The average molecular weight is 282 g/mol. The van der Waals surface area contributed by atoms with Crippen molar-refractivity contribution in [3.63, 3.8) is 0 Å². The Morgan fingerprint density at radius 1 is 1.10 bits per heavy atom. The van der Waals surface area contributed by atoms with E-state index in [0.717, 1.165) is 16.5 Å². The summed E-state index contributed by atoms with van der Waals surface area (Å²) in [7, 11) is 1.44. The van der Waals surface area contributed by atoms with Gasteiger partial charge in [0.05, 0.1) is 18.7 Å². The topological polar surface area (TPSA) is 48.1 Å². The van der Waals surface area contributed by atoms with Crippen molar-refractivity contribution in [2.24, 2.45) is 5.73 Å². The van der Waals surface area contributed by atoms with E-state index in [4.69, 9.17) is 10.5 Å². The van der Waals surface area contributed by atoms with E-state index in [2.05, 4.69) is 4.98 Å². The zero-order chi connectivity index (χ0) is 14.8. The molecule has 0 fully saturated rings. The molecule has 1 heterocycles. The maximum atomic E-state index is 13.8. The molecule has 0 radical (unpaired) electrons. The molecular formula is C17H15FN2O. The fourth-order valence-electron chi connectivity index (χ4n) is 2.33. The molecule has 0 aliphatic rings. The molecule has 0 spiro atoms. The van der Waals surface area contributed by atoms with Crippen LogP contribution in [0, 0.1) is 5.82 Å². The van der Waals surface area contributed by atoms with E-state index in [-0.39, 0.29) is 5.75 Å². The van der Waals surface area contributed by atoms with Crippen LogP contribution in [-0.4, -0.2) is 12.1 Å². The predicted molar refractivity (Wildman–Crippen MR) is 80.7 cm³/mol. The second kappa shape index (κ2) is 5.50. The van der Waals surface area contributed by atoms with E-state index >= 15 is 0 Å². The van der Waals surface area contributed by atoms with Crippen LogP contribution in [0.15, 0.2) is 54.7 Å². The zero-order valence-electron chi connectivity index (χ0n) is 11.6. The first kappa shape index (κ1) is 13.5. The van der Waals surface area contributed by atoms with Crippen molar-refractivity contribution in [2.45, 2.75) is 6.04 Å². The molecule has 0 bridgehead atoms. The van der Waals surface area contributed by atoms with Crippen molar-refractivity contribution in [1.82, 2.24) is 4.98 Å². The molecular weight excluding hydrogens is 267 g/mol. The number of halogens is 1. The first-order chi connectivity index (χ1) is 10.2. The van der Waals surface area contributed by atoms with Gasteiger partial charge in [-0.3, -0.25) is 4.98 Å². The van der Waals surface area contributed by atoms with Gasteiger partial charge in [-0.15, -0.1) is 0 Å². The summed E-state index contributed by atoms with van der Waals surface area (Å²) in [5, 5.41) is 1.01. The Morgan fingerprint density at radius 2 is 1.90 bits per heavy atom. The minimum Gasteiger partial charge on any atom is -0.494 e. The van der Waals surface area contributed by atoms with E-state index in [1.54, 1.807) is 18.3 Å². The van der Waals surface area contributed by atoms with Gasteiger partial charge in [-0.1, -0.05) is 24.3 Å². The van der Waals surface area contributed by atoms with Crippen LogP contribution in [0.2, 0.25) is 0 Å². The summed E-state index contributed by atoms with van der Waals surface area (Å²) in [6.45, 7) is 0. The molecule has 4 heteroatoms. The van der Waals surface area contributed by atoms with E-state index in [1.807, 2.05) is 30.3 Å². The largest absolute Gasteiger partial charge is 0.494 e. The predicted octanol–water partition coefficient (Wildman–Crippen LogP) is 3.43. The van der Waals surface area contributed by atoms with Crippen molar-refractivity contribution >= 4 is 10.9 Å². The quantitative estimate of drug-likeness (QED) is 0.800. The molecule has 3 nitrogen and oxygen atoms in total. The number of para-hydroxylation sites is 1. The van der Waals surface area contributed by atoms with Gasteiger partial charge >= 0.3 is 0 Å². The van der Waals surface area contributed by atoms with Crippen molar-refractivity contribution in [3.8, 4) is 5.75 Å². The average Bonchev–Trinajstić information content (AvgIpc) is 2.53. The molecule has 2 aromatic carbocycles. The third kappa shape index (κ3) is 2.58. The number of nitrogens with zero attached hydrogens (tertiary/aromatic N) is 1. The number of fused-ring (bicyclic) bond motifs is 1. The van der Waals surface area contributed by atoms with Gasteiger partial charge in [-0.2, -0.15) is 0 Å². The molecule has 3 aromatic rings. The van der Waals surface area contributed by atoms with Crippen molar-refractivity contribution in [3.05, 3.63) is 71.7 Å². The van der Waals surface area contributed by atoms with Crippen molar-refractivity contribution in [1.29, 1.82) is 0 Å². The number of nitrogens with two attached hydrogens (primary N) is 1. The van der Waals surface area contributed by atoms with Crippen LogP contribution < -0.4 is 10.5 Å². The Morgan fingerprint density at radius 3 is 2.67 bits per heavy atom. The number of aromatic nitrogens is 1.